The fourth-order valence-corrected chi connectivity index (χ4v) is 2.44. The number of anilines is 1. The molecule has 0 saturated heterocycles. The van der Waals surface area contributed by atoms with Gasteiger partial charge in [-0.15, -0.1) is 5.60 Å². The zero-order valence-electron chi connectivity index (χ0n) is 10.7. The predicted octanol–water partition coefficient (Wildman–Crippen LogP) is -1.85. The maximum absolute atomic E-state index is 11.8. The van der Waals surface area contributed by atoms with Crippen molar-refractivity contribution < 1.29 is 34.7 Å². The number of hydrazine groups is 1. The van der Waals surface area contributed by atoms with Crippen molar-refractivity contribution in [2.24, 2.45) is 0 Å². The first-order valence-electron chi connectivity index (χ1n) is 5.21. The summed E-state index contributed by atoms with van der Waals surface area (Å²) < 4.78 is 0.992. The number of fused-ring (bicyclic) bond motifs is 1. The van der Waals surface area contributed by atoms with Crippen LogP contribution in [0.4, 0.5) is 5.69 Å². The van der Waals surface area contributed by atoms with Crippen LogP contribution in [-0.4, -0.2) is 29.2 Å². The third kappa shape index (κ3) is 3.43. The summed E-state index contributed by atoms with van der Waals surface area (Å²) in [6.07, 6.45) is 1.78. The van der Waals surface area contributed by atoms with Crippen molar-refractivity contribution in [1.29, 1.82) is 0 Å². The summed E-state index contributed by atoms with van der Waals surface area (Å²) in [5.41, 5.74) is 1.06. The van der Waals surface area contributed by atoms with Gasteiger partial charge >= 0.3 is 29.6 Å². The van der Waals surface area contributed by atoms with Crippen molar-refractivity contribution in [2.45, 2.75) is 26.0 Å². The Morgan fingerprint density at radius 3 is 2.76 bits per heavy atom. The zero-order chi connectivity index (χ0) is 11.9. The van der Waals surface area contributed by atoms with Gasteiger partial charge in [-0.25, -0.2) is 5.01 Å². The molecule has 1 aliphatic rings. The van der Waals surface area contributed by atoms with Crippen molar-refractivity contribution in [2.75, 3.05) is 18.6 Å². The Morgan fingerprint density at radius 2 is 2.18 bits per heavy atom. The molecular formula is C11H15BrN3NaO. The number of nitrogens with zero attached hydrogens (tertiary/aromatic N) is 3. The Bertz CT molecular complexity index is 408. The summed E-state index contributed by atoms with van der Waals surface area (Å²) in [5, 5.41) is 15.9. The van der Waals surface area contributed by atoms with Crippen LogP contribution in [-0.2, 0) is 6.54 Å². The van der Waals surface area contributed by atoms with Crippen LogP contribution in [0.5, 0.6) is 0 Å². The number of aromatic nitrogens is 1. The topological polar surface area (TPSA) is 42.4 Å². The summed E-state index contributed by atoms with van der Waals surface area (Å²) in [5.74, 6) is 0. The molecule has 88 valence electrons. The molecule has 0 spiro atoms. The molecule has 2 rings (SSSR count). The normalized spacial score (nSPS) is 15.7. The SMILES string of the molecule is CN1Cc2nccc(Br)c2N1CC(C)(C)[O-].[Na+]. The summed E-state index contributed by atoms with van der Waals surface area (Å²) in [4.78, 5) is 4.34. The number of hydrogen-bond acceptors (Lipinski definition) is 4. The zero-order valence-corrected chi connectivity index (χ0v) is 14.3. The molecule has 0 amide bonds. The van der Waals surface area contributed by atoms with Crippen LogP contribution < -0.4 is 39.7 Å². The van der Waals surface area contributed by atoms with E-state index >= 15 is 0 Å². The number of rotatable bonds is 2. The van der Waals surface area contributed by atoms with E-state index in [1.165, 1.54) is 0 Å². The maximum atomic E-state index is 11.8. The molecule has 0 N–H and O–H groups in total. The maximum Gasteiger partial charge on any atom is 1.00 e. The van der Waals surface area contributed by atoms with E-state index in [0.717, 1.165) is 22.4 Å². The van der Waals surface area contributed by atoms with Gasteiger partial charge in [0.25, 0.3) is 0 Å². The van der Waals surface area contributed by atoms with E-state index < -0.39 is 5.60 Å². The fourth-order valence-electron chi connectivity index (χ4n) is 1.89. The van der Waals surface area contributed by atoms with Crippen LogP contribution >= 0.6 is 15.9 Å². The third-order valence-electron chi connectivity index (χ3n) is 2.53. The van der Waals surface area contributed by atoms with Crippen LogP contribution in [0.15, 0.2) is 16.7 Å². The van der Waals surface area contributed by atoms with Crippen molar-refractivity contribution in [3.63, 3.8) is 0 Å². The molecule has 2 heterocycles. The minimum atomic E-state index is -0.981. The largest absolute Gasteiger partial charge is 1.00 e. The van der Waals surface area contributed by atoms with E-state index in [4.69, 9.17) is 0 Å². The predicted molar refractivity (Wildman–Crippen MR) is 64.8 cm³/mol. The number of pyridine rings is 1. The first kappa shape index (κ1) is 15.4. The number of halogens is 1. The minimum Gasteiger partial charge on any atom is -0.849 e. The van der Waals surface area contributed by atoms with Crippen molar-refractivity contribution in [3.8, 4) is 0 Å². The molecule has 0 aromatic carbocycles. The quantitative estimate of drug-likeness (QED) is 0.602. The Morgan fingerprint density at radius 1 is 1.53 bits per heavy atom. The Hall–Kier alpha value is 0.350. The summed E-state index contributed by atoms with van der Waals surface area (Å²) >= 11 is 3.51. The molecule has 0 unspecified atom stereocenters. The van der Waals surface area contributed by atoms with Crippen LogP contribution in [0, 0.1) is 0 Å². The van der Waals surface area contributed by atoms with Gasteiger partial charge in [-0.3, -0.25) is 4.98 Å². The minimum absolute atomic E-state index is 0. The first-order valence-corrected chi connectivity index (χ1v) is 6.00. The Kier molecular flexibility index (Phi) is 5.03. The molecule has 1 aromatic heterocycles. The molecule has 17 heavy (non-hydrogen) atoms. The first-order chi connectivity index (χ1) is 7.38. The van der Waals surface area contributed by atoms with Gasteiger partial charge in [0.15, 0.2) is 0 Å². The van der Waals surface area contributed by atoms with Gasteiger partial charge in [-0.05, 0) is 22.0 Å². The van der Waals surface area contributed by atoms with Crippen LogP contribution in [0.2, 0.25) is 0 Å². The van der Waals surface area contributed by atoms with Gasteiger partial charge in [-0.1, -0.05) is 13.8 Å². The molecule has 0 radical (unpaired) electrons. The molecule has 6 heteroatoms. The van der Waals surface area contributed by atoms with E-state index in [0.29, 0.717) is 6.54 Å². The monoisotopic (exact) mass is 307 g/mol. The Balaban J connectivity index is 0.00000144. The van der Waals surface area contributed by atoms with Gasteiger partial charge in [0.05, 0.1) is 17.9 Å². The molecule has 0 atom stereocenters. The molecule has 0 fully saturated rings. The standard InChI is InChI=1S/C11H15BrN3O.Na/c1-11(2,16)7-15-10-8(12)4-5-13-9(10)6-14(15)3;/h4-5H,6-7H2,1-3H3;/q-1;+1. The van der Waals surface area contributed by atoms with E-state index in [9.17, 15) is 5.11 Å². The summed E-state index contributed by atoms with van der Waals surface area (Å²) in [6.45, 7) is 4.60. The van der Waals surface area contributed by atoms with Gasteiger partial charge in [0.2, 0.25) is 0 Å². The second-order valence-corrected chi connectivity index (χ2v) is 5.58. The smallest absolute Gasteiger partial charge is 0.849 e. The summed E-state index contributed by atoms with van der Waals surface area (Å²) in [7, 11) is 1.97. The van der Waals surface area contributed by atoms with E-state index in [1.54, 1.807) is 20.0 Å². The molecule has 4 nitrogen and oxygen atoms in total. The molecular weight excluding hydrogens is 293 g/mol. The summed E-state index contributed by atoms with van der Waals surface area (Å²) in [6, 6.07) is 1.91. The number of hydrogen-bond donors (Lipinski definition) is 0. The average molecular weight is 308 g/mol. The van der Waals surface area contributed by atoms with Gasteiger partial charge in [-0.2, -0.15) is 0 Å². The fraction of sp³-hybridized carbons (Fsp3) is 0.545. The third-order valence-corrected chi connectivity index (χ3v) is 3.17. The molecule has 1 aromatic rings. The van der Waals surface area contributed by atoms with Crippen molar-refractivity contribution in [3.05, 3.63) is 22.4 Å². The second-order valence-electron chi connectivity index (χ2n) is 4.72. The second kappa shape index (κ2) is 5.55. The molecule has 1 aliphatic heterocycles. The van der Waals surface area contributed by atoms with E-state index in [2.05, 4.69) is 20.9 Å². The van der Waals surface area contributed by atoms with Crippen LogP contribution in [0.25, 0.3) is 0 Å². The van der Waals surface area contributed by atoms with Gasteiger partial charge in [0, 0.05) is 24.3 Å². The van der Waals surface area contributed by atoms with Crippen LogP contribution in [0.1, 0.15) is 19.5 Å². The van der Waals surface area contributed by atoms with E-state index in [-0.39, 0.29) is 29.6 Å². The van der Waals surface area contributed by atoms with E-state index in [1.807, 2.05) is 23.1 Å². The van der Waals surface area contributed by atoms with Gasteiger partial charge < -0.3 is 10.1 Å². The average Bonchev–Trinajstić information content (AvgIpc) is 2.42. The molecule has 0 bridgehead atoms. The Labute approximate surface area is 132 Å². The van der Waals surface area contributed by atoms with Crippen LogP contribution in [0.3, 0.4) is 0 Å². The van der Waals surface area contributed by atoms with Crippen molar-refractivity contribution in [1.82, 2.24) is 9.99 Å². The molecule has 0 saturated carbocycles. The van der Waals surface area contributed by atoms with Gasteiger partial charge in [0.1, 0.15) is 0 Å². The molecule has 0 aliphatic carbocycles. The van der Waals surface area contributed by atoms with Crippen molar-refractivity contribution >= 4 is 21.6 Å².